The zero-order valence-corrected chi connectivity index (χ0v) is 12.3. The highest BCUT2D eigenvalue weighted by Crippen LogP contribution is 2.24. The van der Waals surface area contributed by atoms with E-state index >= 15 is 0 Å². The molecule has 1 aromatic heterocycles. The van der Waals surface area contributed by atoms with Gasteiger partial charge in [0.1, 0.15) is 18.0 Å². The van der Waals surface area contributed by atoms with Gasteiger partial charge in [0.2, 0.25) is 0 Å². The SMILES string of the molecule is CCCCN(c1ncnc(NC)c1C)C(C)CC. The maximum atomic E-state index is 4.48. The number of anilines is 2. The molecule has 102 valence electrons. The minimum atomic E-state index is 0.509. The smallest absolute Gasteiger partial charge is 0.137 e. The van der Waals surface area contributed by atoms with Crippen LogP contribution in [0.5, 0.6) is 0 Å². The Balaban J connectivity index is 3.04. The van der Waals surface area contributed by atoms with Crippen molar-refractivity contribution in [3.63, 3.8) is 0 Å². The third kappa shape index (κ3) is 3.34. The number of hydrogen-bond acceptors (Lipinski definition) is 4. The van der Waals surface area contributed by atoms with Crippen molar-refractivity contribution in [2.24, 2.45) is 0 Å². The molecule has 0 spiro atoms. The first kappa shape index (κ1) is 14.7. The first-order valence-electron chi connectivity index (χ1n) is 6.91. The maximum Gasteiger partial charge on any atom is 0.137 e. The molecule has 0 aliphatic carbocycles. The van der Waals surface area contributed by atoms with Crippen LogP contribution in [0.25, 0.3) is 0 Å². The molecule has 4 heteroatoms. The predicted octanol–water partition coefficient (Wildman–Crippen LogP) is 3.23. The summed E-state index contributed by atoms with van der Waals surface area (Å²) < 4.78 is 0. The van der Waals surface area contributed by atoms with Crippen LogP contribution in [-0.2, 0) is 0 Å². The van der Waals surface area contributed by atoms with Crippen LogP contribution in [0.4, 0.5) is 11.6 Å². The highest BCUT2D eigenvalue weighted by Gasteiger charge is 2.17. The van der Waals surface area contributed by atoms with E-state index in [0.717, 1.165) is 30.2 Å². The second-order valence-corrected chi connectivity index (χ2v) is 4.73. The van der Waals surface area contributed by atoms with Gasteiger partial charge in [-0.3, -0.25) is 0 Å². The van der Waals surface area contributed by atoms with Gasteiger partial charge >= 0.3 is 0 Å². The lowest BCUT2D eigenvalue weighted by Crippen LogP contribution is -2.35. The molecule has 0 amide bonds. The van der Waals surface area contributed by atoms with E-state index in [9.17, 15) is 0 Å². The van der Waals surface area contributed by atoms with Crippen LogP contribution >= 0.6 is 0 Å². The van der Waals surface area contributed by atoms with E-state index in [4.69, 9.17) is 0 Å². The fourth-order valence-corrected chi connectivity index (χ4v) is 2.07. The summed E-state index contributed by atoms with van der Waals surface area (Å²) in [6, 6.07) is 0.509. The van der Waals surface area contributed by atoms with Crippen molar-refractivity contribution in [1.29, 1.82) is 0 Å². The third-order valence-corrected chi connectivity index (χ3v) is 3.44. The fraction of sp³-hybridized carbons (Fsp3) is 0.714. The van der Waals surface area contributed by atoms with Crippen LogP contribution in [0.3, 0.4) is 0 Å². The zero-order valence-electron chi connectivity index (χ0n) is 12.3. The Labute approximate surface area is 111 Å². The molecule has 0 saturated heterocycles. The monoisotopic (exact) mass is 250 g/mol. The summed E-state index contributed by atoms with van der Waals surface area (Å²) >= 11 is 0. The van der Waals surface area contributed by atoms with Gasteiger partial charge < -0.3 is 10.2 Å². The molecular weight excluding hydrogens is 224 g/mol. The Hall–Kier alpha value is -1.32. The van der Waals surface area contributed by atoms with Gasteiger partial charge in [-0.25, -0.2) is 9.97 Å². The molecular formula is C14H26N4. The number of hydrogen-bond donors (Lipinski definition) is 1. The highest BCUT2D eigenvalue weighted by atomic mass is 15.2. The number of unbranched alkanes of at least 4 members (excludes halogenated alkanes) is 1. The molecule has 0 saturated carbocycles. The first-order chi connectivity index (χ1) is 8.65. The molecule has 1 N–H and O–H groups in total. The van der Waals surface area contributed by atoms with Gasteiger partial charge in [0.15, 0.2) is 0 Å². The summed E-state index contributed by atoms with van der Waals surface area (Å²) in [5.74, 6) is 1.99. The minimum Gasteiger partial charge on any atom is -0.373 e. The van der Waals surface area contributed by atoms with Crippen LogP contribution in [0.2, 0.25) is 0 Å². The molecule has 4 nitrogen and oxygen atoms in total. The lowest BCUT2D eigenvalue weighted by Gasteiger charge is -2.31. The van der Waals surface area contributed by atoms with E-state index in [1.807, 2.05) is 7.05 Å². The lowest BCUT2D eigenvalue weighted by molar-refractivity contribution is 0.588. The summed E-state index contributed by atoms with van der Waals surface area (Å²) in [7, 11) is 1.90. The second-order valence-electron chi connectivity index (χ2n) is 4.73. The summed E-state index contributed by atoms with van der Waals surface area (Å²) in [5.41, 5.74) is 1.14. The molecule has 0 aliphatic rings. The van der Waals surface area contributed by atoms with Crippen molar-refractivity contribution in [2.45, 2.75) is 53.0 Å². The van der Waals surface area contributed by atoms with Crippen LogP contribution in [0.15, 0.2) is 6.33 Å². The summed E-state index contributed by atoms with van der Waals surface area (Å²) in [6.45, 7) is 9.85. The Kier molecular flexibility index (Phi) is 5.89. The predicted molar refractivity (Wildman–Crippen MR) is 78.3 cm³/mol. The average molecular weight is 250 g/mol. The molecule has 0 aromatic carbocycles. The minimum absolute atomic E-state index is 0.509. The van der Waals surface area contributed by atoms with Gasteiger partial charge in [-0.05, 0) is 26.7 Å². The number of nitrogens with one attached hydrogen (secondary N) is 1. The van der Waals surface area contributed by atoms with Crippen LogP contribution < -0.4 is 10.2 Å². The van der Waals surface area contributed by atoms with Crippen molar-refractivity contribution < 1.29 is 0 Å². The molecule has 0 bridgehead atoms. The van der Waals surface area contributed by atoms with E-state index in [2.05, 4.69) is 47.9 Å². The number of nitrogens with zero attached hydrogens (tertiary/aromatic N) is 3. The average Bonchev–Trinajstić information content (AvgIpc) is 2.40. The van der Waals surface area contributed by atoms with E-state index in [0.29, 0.717) is 6.04 Å². The van der Waals surface area contributed by atoms with E-state index in [1.165, 1.54) is 12.8 Å². The molecule has 1 aromatic rings. The van der Waals surface area contributed by atoms with Gasteiger partial charge in [-0.15, -0.1) is 0 Å². The van der Waals surface area contributed by atoms with Crippen LogP contribution in [0, 0.1) is 6.92 Å². The second kappa shape index (κ2) is 7.19. The fourth-order valence-electron chi connectivity index (χ4n) is 2.07. The van der Waals surface area contributed by atoms with Crippen molar-refractivity contribution in [1.82, 2.24) is 9.97 Å². The van der Waals surface area contributed by atoms with Gasteiger partial charge in [0.05, 0.1) is 0 Å². The molecule has 0 fully saturated rings. The quantitative estimate of drug-likeness (QED) is 0.806. The van der Waals surface area contributed by atoms with Crippen LogP contribution in [0.1, 0.15) is 45.6 Å². The largest absolute Gasteiger partial charge is 0.373 e. The van der Waals surface area contributed by atoms with E-state index in [-0.39, 0.29) is 0 Å². The Morgan fingerprint density at radius 1 is 1.33 bits per heavy atom. The molecule has 1 atom stereocenters. The van der Waals surface area contributed by atoms with Crippen molar-refractivity contribution in [2.75, 3.05) is 23.8 Å². The molecule has 0 radical (unpaired) electrons. The zero-order chi connectivity index (χ0) is 13.5. The first-order valence-corrected chi connectivity index (χ1v) is 6.91. The summed E-state index contributed by atoms with van der Waals surface area (Å²) in [6.07, 6.45) is 5.18. The van der Waals surface area contributed by atoms with Crippen molar-refractivity contribution in [3.05, 3.63) is 11.9 Å². The van der Waals surface area contributed by atoms with Crippen molar-refractivity contribution >= 4 is 11.6 Å². The topological polar surface area (TPSA) is 41.1 Å². The van der Waals surface area contributed by atoms with E-state index < -0.39 is 0 Å². The maximum absolute atomic E-state index is 4.48. The summed E-state index contributed by atoms with van der Waals surface area (Å²) in [4.78, 5) is 11.1. The van der Waals surface area contributed by atoms with E-state index in [1.54, 1.807) is 6.33 Å². The normalized spacial score (nSPS) is 12.3. The molecule has 1 heterocycles. The molecule has 0 aliphatic heterocycles. The Morgan fingerprint density at radius 2 is 2.06 bits per heavy atom. The van der Waals surface area contributed by atoms with Gasteiger partial charge in [0.25, 0.3) is 0 Å². The molecule has 1 unspecified atom stereocenters. The Bertz CT molecular complexity index is 365. The number of aromatic nitrogens is 2. The van der Waals surface area contributed by atoms with Gasteiger partial charge in [0, 0.05) is 25.2 Å². The highest BCUT2D eigenvalue weighted by molar-refractivity contribution is 5.58. The standard InChI is InChI=1S/C14H26N4/c1-6-8-9-18(11(3)7-2)14-12(4)13(15-5)16-10-17-14/h10-11H,6-9H2,1-5H3,(H,15,16,17). The molecule has 1 rings (SSSR count). The van der Waals surface area contributed by atoms with Gasteiger partial charge in [-0.1, -0.05) is 20.3 Å². The number of rotatable bonds is 7. The van der Waals surface area contributed by atoms with Gasteiger partial charge in [-0.2, -0.15) is 0 Å². The van der Waals surface area contributed by atoms with Crippen LogP contribution in [-0.4, -0.2) is 29.6 Å². The summed E-state index contributed by atoms with van der Waals surface area (Å²) in [5, 5.41) is 3.13. The Morgan fingerprint density at radius 3 is 2.61 bits per heavy atom. The lowest BCUT2D eigenvalue weighted by atomic mass is 10.1. The molecule has 18 heavy (non-hydrogen) atoms. The third-order valence-electron chi connectivity index (χ3n) is 3.44. The van der Waals surface area contributed by atoms with Crippen molar-refractivity contribution in [3.8, 4) is 0 Å².